The van der Waals surface area contributed by atoms with Crippen molar-refractivity contribution >= 4 is 23.3 Å². The highest BCUT2D eigenvalue weighted by Crippen LogP contribution is 2.42. The van der Waals surface area contributed by atoms with Crippen LogP contribution in [0.3, 0.4) is 0 Å². The number of hydrogen-bond donors (Lipinski definition) is 1. The van der Waals surface area contributed by atoms with Gasteiger partial charge in [-0.05, 0) is 79.0 Å². The van der Waals surface area contributed by atoms with Crippen LogP contribution in [-0.4, -0.2) is 17.2 Å². The first-order chi connectivity index (χ1) is 13.3. The third-order valence-electron chi connectivity index (χ3n) is 6.33. The molecule has 1 aliphatic heterocycles. The predicted molar refractivity (Wildman–Crippen MR) is 108 cm³/mol. The molecule has 2 fully saturated rings. The van der Waals surface area contributed by atoms with Gasteiger partial charge in [0.15, 0.2) is 5.78 Å². The third-order valence-corrected chi connectivity index (χ3v) is 6.64. The molecule has 1 heterocycles. The van der Waals surface area contributed by atoms with Gasteiger partial charge in [0.1, 0.15) is 11.7 Å². The summed E-state index contributed by atoms with van der Waals surface area (Å²) in [6.45, 7) is 4.08. The van der Waals surface area contributed by atoms with Gasteiger partial charge in [-0.1, -0.05) is 36.7 Å². The summed E-state index contributed by atoms with van der Waals surface area (Å²) in [6.07, 6.45) is 3.30. The molecule has 0 bridgehead atoms. The number of amides is 1. The summed E-state index contributed by atoms with van der Waals surface area (Å²) in [4.78, 5) is 26.2. The number of ketones is 1. The number of hydrogen-bond acceptors (Lipinski definition) is 2. The lowest BCUT2D eigenvalue weighted by atomic mass is 9.73. The molecule has 2 aliphatic rings. The van der Waals surface area contributed by atoms with E-state index in [1.807, 2.05) is 25.1 Å². The van der Waals surface area contributed by atoms with Crippen LogP contribution in [0.4, 0.5) is 4.39 Å². The van der Waals surface area contributed by atoms with E-state index in [1.165, 1.54) is 12.1 Å². The van der Waals surface area contributed by atoms with Crippen molar-refractivity contribution in [2.45, 2.75) is 51.0 Å². The van der Waals surface area contributed by atoms with Crippen molar-refractivity contribution in [3.8, 4) is 11.1 Å². The van der Waals surface area contributed by atoms with Crippen molar-refractivity contribution in [1.82, 2.24) is 5.32 Å². The molecule has 4 rings (SSSR count). The minimum absolute atomic E-state index is 0.0214. The highest BCUT2D eigenvalue weighted by atomic mass is 35.5. The summed E-state index contributed by atoms with van der Waals surface area (Å²) in [7, 11) is 0. The van der Waals surface area contributed by atoms with E-state index in [1.54, 1.807) is 6.07 Å². The van der Waals surface area contributed by atoms with Crippen molar-refractivity contribution in [3.63, 3.8) is 0 Å². The van der Waals surface area contributed by atoms with E-state index >= 15 is 0 Å². The molecule has 1 N–H and O–H groups in total. The average Bonchev–Trinajstić information content (AvgIpc) is 2.91. The second-order valence-electron chi connectivity index (χ2n) is 8.25. The number of Topliss-reactive ketones (excluding diaryl/α,β-unsaturated/α-hetero) is 1. The Kier molecular flexibility index (Phi) is 4.78. The molecule has 1 unspecified atom stereocenters. The minimum Gasteiger partial charge on any atom is -0.343 e. The molecule has 5 heteroatoms. The first-order valence-corrected chi connectivity index (χ1v) is 10.1. The zero-order chi connectivity index (χ0) is 20.1. The van der Waals surface area contributed by atoms with E-state index < -0.39 is 17.3 Å². The maximum atomic E-state index is 13.9. The fourth-order valence-electron chi connectivity index (χ4n) is 4.48. The molecular formula is C23H23ClFNO2. The molecule has 1 saturated heterocycles. The molecule has 0 radical (unpaired) electrons. The van der Waals surface area contributed by atoms with E-state index in [2.05, 4.69) is 12.2 Å². The topological polar surface area (TPSA) is 46.2 Å². The van der Waals surface area contributed by atoms with Crippen LogP contribution in [0.25, 0.3) is 11.1 Å². The van der Waals surface area contributed by atoms with Crippen molar-refractivity contribution < 1.29 is 14.0 Å². The fraction of sp³-hybridized carbons (Fsp3) is 0.391. The Bertz CT molecular complexity index is 963. The number of halogens is 2. The Labute approximate surface area is 169 Å². The third kappa shape index (κ3) is 3.14. The molecule has 0 aromatic heterocycles. The largest absolute Gasteiger partial charge is 0.343 e. The summed E-state index contributed by atoms with van der Waals surface area (Å²) >= 11 is 5.79. The van der Waals surface area contributed by atoms with Crippen molar-refractivity contribution in [2.75, 3.05) is 0 Å². The lowest BCUT2D eigenvalue weighted by Gasteiger charge is -2.34. The summed E-state index contributed by atoms with van der Waals surface area (Å²) in [5.41, 5.74) is 2.28. The maximum Gasteiger partial charge on any atom is 0.235 e. The maximum absolute atomic E-state index is 13.9. The number of benzene rings is 2. The monoisotopic (exact) mass is 399 g/mol. The Morgan fingerprint density at radius 2 is 1.71 bits per heavy atom. The summed E-state index contributed by atoms with van der Waals surface area (Å²) < 4.78 is 13.9. The molecule has 1 aliphatic carbocycles. The lowest BCUT2D eigenvalue weighted by Crippen LogP contribution is -2.49. The first kappa shape index (κ1) is 19.1. The van der Waals surface area contributed by atoms with Crippen molar-refractivity contribution in [1.29, 1.82) is 0 Å². The van der Waals surface area contributed by atoms with Gasteiger partial charge in [0.05, 0.1) is 10.6 Å². The van der Waals surface area contributed by atoms with Gasteiger partial charge in [-0.25, -0.2) is 4.39 Å². The molecule has 2 aromatic carbocycles. The van der Waals surface area contributed by atoms with Crippen LogP contribution in [0, 0.1) is 18.7 Å². The number of aryl methyl sites for hydroxylation is 1. The van der Waals surface area contributed by atoms with Gasteiger partial charge < -0.3 is 5.32 Å². The number of carbonyl (C=O) groups excluding carboxylic acids is 2. The SMILES string of the molecule is Cc1ccc(-c2ccc(Cl)c(F)c2)cc1C1C(=O)NC2(CCC(C)CC2)C1=O. The van der Waals surface area contributed by atoms with Gasteiger partial charge in [0.2, 0.25) is 5.91 Å². The Morgan fingerprint density at radius 1 is 1.07 bits per heavy atom. The number of rotatable bonds is 2. The van der Waals surface area contributed by atoms with Crippen molar-refractivity contribution in [2.24, 2.45) is 5.92 Å². The van der Waals surface area contributed by atoms with Crippen LogP contribution >= 0.6 is 11.6 Å². The van der Waals surface area contributed by atoms with E-state index in [-0.39, 0.29) is 16.7 Å². The van der Waals surface area contributed by atoms with Gasteiger partial charge in [-0.3, -0.25) is 9.59 Å². The van der Waals surface area contributed by atoms with Crippen LogP contribution in [-0.2, 0) is 9.59 Å². The van der Waals surface area contributed by atoms with E-state index in [0.29, 0.717) is 29.9 Å². The highest BCUT2D eigenvalue weighted by Gasteiger charge is 2.53. The van der Waals surface area contributed by atoms with Crippen LogP contribution in [0.2, 0.25) is 5.02 Å². The van der Waals surface area contributed by atoms with Crippen LogP contribution in [0.15, 0.2) is 36.4 Å². The van der Waals surface area contributed by atoms with Crippen molar-refractivity contribution in [3.05, 3.63) is 58.4 Å². The fourth-order valence-corrected chi connectivity index (χ4v) is 4.60. The summed E-state index contributed by atoms with van der Waals surface area (Å²) in [5, 5.41) is 3.09. The Morgan fingerprint density at radius 3 is 2.39 bits per heavy atom. The van der Waals surface area contributed by atoms with E-state index in [9.17, 15) is 14.0 Å². The molecule has 1 saturated carbocycles. The second-order valence-corrected chi connectivity index (χ2v) is 8.66. The van der Waals surface area contributed by atoms with Gasteiger partial charge in [0.25, 0.3) is 0 Å². The molecule has 3 nitrogen and oxygen atoms in total. The molecule has 2 aromatic rings. The van der Waals surface area contributed by atoms with Gasteiger partial charge in [-0.15, -0.1) is 0 Å². The van der Waals surface area contributed by atoms with Gasteiger partial charge in [0, 0.05) is 0 Å². The summed E-state index contributed by atoms with van der Waals surface area (Å²) in [6, 6.07) is 10.2. The minimum atomic E-state index is -0.800. The zero-order valence-corrected chi connectivity index (χ0v) is 16.8. The normalized spacial score (nSPS) is 27.3. The van der Waals surface area contributed by atoms with Gasteiger partial charge >= 0.3 is 0 Å². The van der Waals surface area contributed by atoms with Gasteiger partial charge in [-0.2, -0.15) is 0 Å². The van der Waals surface area contributed by atoms with E-state index in [4.69, 9.17) is 11.6 Å². The summed E-state index contributed by atoms with van der Waals surface area (Å²) in [5.74, 6) is -0.954. The van der Waals surface area contributed by atoms with Crippen LogP contribution in [0.1, 0.15) is 49.7 Å². The lowest BCUT2D eigenvalue weighted by molar-refractivity contribution is -0.126. The Hall–Kier alpha value is -2.20. The van der Waals surface area contributed by atoms with Crippen LogP contribution in [0.5, 0.6) is 0 Å². The average molecular weight is 400 g/mol. The Balaban J connectivity index is 1.72. The van der Waals surface area contributed by atoms with E-state index in [0.717, 1.165) is 24.0 Å². The number of carbonyl (C=O) groups is 2. The zero-order valence-electron chi connectivity index (χ0n) is 16.0. The standard InChI is InChI=1S/C23H23ClFNO2/c1-13-7-9-23(10-8-13)21(27)20(22(28)26-23)17-11-15(4-3-14(17)2)16-5-6-18(24)19(25)12-16/h3-6,11-13,20H,7-10H2,1-2H3,(H,26,28). The number of nitrogens with one attached hydrogen (secondary N) is 1. The smallest absolute Gasteiger partial charge is 0.235 e. The van der Waals surface area contributed by atoms with Crippen LogP contribution < -0.4 is 5.32 Å². The molecule has 1 amide bonds. The molecular weight excluding hydrogens is 377 g/mol. The second kappa shape index (κ2) is 7.00. The molecule has 28 heavy (non-hydrogen) atoms. The molecule has 1 spiro atoms. The predicted octanol–water partition coefficient (Wildman–Crippen LogP) is 5.19. The molecule has 146 valence electrons. The molecule has 1 atom stereocenters. The quantitative estimate of drug-likeness (QED) is 0.706. The first-order valence-electron chi connectivity index (χ1n) is 9.73. The highest BCUT2D eigenvalue weighted by molar-refractivity contribution is 6.30.